The van der Waals surface area contributed by atoms with Gasteiger partial charge in [0.25, 0.3) is 0 Å². The molecule has 152 valence electrons. The van der Waals surface area contributed by atoms with Gasteiger partial charge >= 0.3 is 18.2 Å². The summed E-state index contributed by atoms with van der Waals surface area (Å²) in [4.78, 5) is 32.1. The van der Waals surface area contributed by atoms with Crippen LogP contribution < -0.4 is 5.32 Å². The fourth-order valence-electron chi connectivity index (χ4n) is 2.69. The Morgan fingerprint density at radius 1 is 1.08 bits per heavy atom. The van der Waals surface area contributed by atoms with Gasteiger partial charge in [-0.25, -0.2) is 9.59 Å². The summed E-state index contributed by atoms with van der Waals surface area (Å²) in [5.41, 5.74) is 0. The van der Waals surface area contributed by atoms with E-state index in [0.717, 1.165) is 6.42 Å². The van der Waals surface area contributed by atoms with Gasteiger partial charge < -0.3 is 25.0 Å². The van der Waals surface area contributed by atoms with E-state index in [1.165, 1.54) is 32.1 Å². The predicted octanol–water partition coefficient (Wildman–Crippen LogP) is 4.23. The molecule has 0 aromatic carbocycles. The number of carbonyl (C=O) groups excluding carboxylic acids is 2. The summed E-state index contributed by atoms with van der Waals surface area (Å²) in [5.74, 6) is 0.470. The van der Waals surface area contributed by atoms with Crippen molar-refractivity contribution in [2.75, 3.05) is 6.54 Å². The van der Waals surface area contributed by atoms with Gasteiger partial charge in [-0.1, -0.05) is 40.0 Å². The van der Waals surface area contributed by atoms with Crippen molar-refractivity contribution in [2.24, 2.45) is 11.8 Å². The Morgan fingerprint density at radius 3 is 2.15 bits per heavy atom. The van der Waals surface area contributed by atoms with Crippen molar-refractivity contribution in [1.82, 2.24) is 5.32 Å². The highest BCUT2D eigenvalue weighted by Gasteiger charge is 2.20. The van der Waals surface area contributed by atoms with Crippen molar-refractivity contribution in [3.8, 4) is 0 Å². The zero-order valence-corrected chi connectivity index (χ0v) is 16.0. The van der Waals surface area contributed by atoms with Crippen LogP contribution in [0.15, 0.2) is 0 Å². The van der Waals surface area contributed by atoms with Gasteiger partial charge in [0.05, 0.1) is 0 Å². The molecule has 1 atom stereocenters. The number of ether oxygens (including phenoxy) is 2. The smallest absolute Gasteiger partial charge is 0.450 e. The Morgan fingerprint density at radius 2 is 1.65 bits per heavy atom. The molecular weight excluding hydrogens is 342 g/mol. The van der Waals surface area contributed by atoms with Gasteiger partial charge in [0, 0.05) is 19.4 Å². The Labute approximate surface area is 155 Å². The van der Waals surface area contributed by atoms with E-state index in [1.807, 2.05) is 20.8 Å². The van der Waals surface area contributed by atoms with Crippen molar-refractivity contribution in [3.05, 3.63) is 0 Å². The van der Waals surface area contributed by atoms with Gasteiger partial charge in [-0.3, -0.25) is 4.79 Å². The van der Waals surface area contributed by atoms with Crippen LogP contribution in [0.5, 0.6) is 0 Å². The maximum atomic E-state index is 11.8. The molecule has 1 aliphatic carbocycles. The van der Waals surface area contributed by atoms with E-state index < -0.39 is 18.5 Å². The maximum absolute atomic E-state index is 11.8. The molecule has 0 heterocycles. The van der Waals surface area contributed by atoms with Crippen LogP contribution in [0.4, 0.5) is 9.59 Å². The van der Waals surface area contributed by atoms with Gasteiger partial charge in [0.15, 0.2) is 0 Å². The second-order valence-corrected chi connectivity index (χ2v) is 6.88. The summed E-state index contributed by atoms with van der Waals surface area (Å²) in [6, 6.07) is 0. The number of hydrogen-bond donors (Lipinski definition) is 3. The summed E-state index contributed by atoms with van der Waals surface area (Å²) >= 11 is 0. The van der Waals surface area contributed by atoms with E-state index in [9.17, 15) is 9.59 Å². The maximum Gasteiger partial charge on any atom is 0.503 e. The van der Waals surface area contributed by atoms with E-state index in [-0.39, 0.29) is 11.9 Å². The van der Waals surface area contributed by atoms with Crippen molar-refractivity contribution in [1.29, 1.82) is 0 Å². The summed E-state index contributed by atoms with van der Waals surface area (Å²) in [6.45, 7) is 6.52. The van der Waals surface area contributed by atoms with Crippen LogP contribution in [0.25, 0.3) is 0 Å². The fraction of sp³-hybridized carbons (Fsp3) is 0.833. The molecule has 0 radical (unpaired) electrons. The van der Waals surface area contributed by atoms with Crippen molar-refractivity contribution < 1.29 is 34.1 Å². The lowest BCUT2D eigenvalue weighted by Gasteiger charge is -2.23. The molecular formula is C18H33NO7. The molecule has 8 nitrogen and oxygen atoms in total. The molecule has 1 rings (SSSR count). The topological polar surface area (TPSA) is 122 Å². The highest BCUT2D eigenvalue weighted by molar-refractivity contribution is 5.70. The molecule has 1 fully saturated rings. The summed E-state index contributed by atoms with van der Waals surface area (Å²) < 4.78 is 10.5. The molecule has 0 aliphatic heterocycles. The molecule has 1 aliphatic rings. The summed E-state index contributed by atoms with van der Waals surface area (Å²) in [7, 11) is 0. The standard InChI is InChI=1S/C17H31NO4.CH2O3/c1-4-8-16(21-15(19)11-13(2)3)22-17(20)18-12-14-9-6-5-7-10-14;2-1(3)4/h13-14,16H,4-12H2,1-3H3,(H,18,20);(H2,2,3,4). The predicted molar refractivity (Wildman–Crippen MR) is 96.0 cm³/mol. The average Bonchev–Trinajstić information content (AvgIpc) is 2.52. The Balaban J connectivity index is 0.00000141. The number of esters is 1. The summed E-state index contributed by atoms with van der Waals surface area (Å²) in [6.07, 6.45) is 4.68. The zero-order valence-electron chi connectivity index (χ0n) is 16.0. The number of rotatable bonds is 8. The van der Waals surface area contributed by atoms with E-state index in [4.69, 9.17) is 24.5 Å². The van der Waals surface area contributed by atoms with Crippen LogP contribution in [-0.4, -0.2) is 41.3 Å². The lowest BCUT2D eigenvalue weighted by molar-refractivity contribution is -0.169. The highest BCUT2D eigenvalue weighted by Crippen LogP contribution is 2.22. The third-order valence-electron chi connectivity index (χ3n) is 3.86. The zero-order chi connectivity index (χ0) is 19.9. The van der Waals surface area contributed by atoms with Crippen LogP contribution in [0.1, 0.15) is 72.1 Å². The molecule has 0 aromatic rings. The monoisotopic (exact) mass is 375 g/mol. The second kappa shape index (κ2) is 14.2. The number of alkyl carbamates (subject to hydrolysis) is 1. The first-order valence-corrected chi connectivity index (χ1v) is 9.30. The third-order valence-corrected chi connectivity index (χ3v) is 3.86. The molecule has 0 aromatic heterocycles. The van der Waals surface area contributed by atoms with Crippen LogP contribution in [-0.2, 0) is 14.3 Å². The van der Waals surface area contributed by atoms with E-state index in [0.29, 0.717) is 25.3 Å². The minimum atomic E-state index is -1.83. The SMILES string of the molecule is CCCC(OC(=O)CC(C)C)OC(=O)NCC1CCCCC1.O=C(O)O. The largest absolute Gasteiger partial charge is 0.503 e. The number of hydrogen-bond acceptors (Lipinski definition) is 5. The minimum absolute atomic E-state index is 0.231. The lowest BCUT2D eigenvalue weighted by Crippen LogP contribution is -2.35. The van der Waals surface area contributed by atoms with Crippen molar-refractivity contribution in [3.63, 3.8) is 0 Å². The summed E-state index contributed by atoms with van der Waals surface area (Å²) in [5, 5.41) is 16.7. The first-order chi connectivity index (χ1) is 12.2. The van der Waals surface area contributed by atoms with E-state index in [1.54, 1.807) is 0 Å². The normalized spacial score (nSPS) is 15.4. The number of carboxylic acid groups (broad SMARTS) is 2. The van der Waals surface area contributed by atoms with E-state index in [2.05, 4.69) is 5.32 Å². The molecule has 1 amide bonds. The molecule has 0 bridgehead atoms. The molecule has 8 heteroatoms. The minimum Gasteiger partial charge on any atom is -0.450 e. The first kappa shape index (κ1) is 24.0. The molecule has 0 saturated heterocycles. The molecule has 26 heavy (non-hydrogen) atoms. The van der Waals surface area contributed by atoms with Crippen LogP contribution >= 0.6 is 0 Å². The van der Waals surface area contributed by atoms with Gasteiger partial charge in [-0.05, 0) is 31.1 Å². The van der Waals surface area contributed by atoms with Crippen LogP contribution in [0.3, 0.4) is 0 Å². The number of amides is 1. The van der Waals surface area contributed by atoms with E-state index >= 15 is 0 Å². The quantitative estimate of drug-likeness (QED) is 0.428. The number of carbonyl (C=O) groups is 3. The molecule has 1 saturated carbocycles. The van der Waals surface area contributed by atoms with Crippen LogP contribution in [0.2, 0.25) is 0 Å². The Kier molecular flexibility index (Phi) is 13.1. The average molecular weight is 375 g/mol. The van der Waals surface area contributed by atoms with Crippen molar-refractivity contribution in [2.45, 2.75) is 78.4 Å². The van der Waals surface area contributed by atoms with Gasteiger partial charge in [-0.2, -0.15) is 0 Å². The van der Waals surface area contributed by atoms with Gasteiger partial charge in [0.2, 0.25) is 6.29 Å². The Hall–Kier alpha value is -1.99. The first-order valence-electron chi connectivity index (χ1n) is 9.30. The molecule has 1 unspecified atom stereocenters. The fourth-order valence-corrected chi connectivity index (χ4v) is 2.69. The second-order valence-electron chi connectivity index (χ2n) is 6.88. The Bertz CT molecular complexity index is 416. The van der Waals surface area contributed by atoms with Gasteiger partial charge in [-0.15, -0.1) is 0 Å². The van der Waals surface area contributed by atoms with Gasteiger partial charge in [0.1, 0.15) is 0 Å². The highest BCUT2D eigenvalue weighted by atomic mass is 16.7. The molecule has 0 spiro atoms. The third kappa shape index (κ3) is 14.4. The van der Waals surface area contributed by atoms with Crippen molar-refractivity contribution >= 4 is 18.2 Å². The lowest BCUT2D eigenvalue weighted by atomic mass is 9.89. The molecule has 3 N–H and O–H groups in total. The van der Waals surface area contributed by atoms with Crippen LogP contribution in [0, 0.1) is 11.8 Å². The number of nitrogens with one attached hydrogen (secondary N) is 1.